The highest BCUT2D eigenvalue weighted by Crippen LogP contribution is 2.42. The van der Waals surface area contributed by atoms with Crippen molar-refractivity contribution in [3.8, 4) is 0 Å². The lowest BCUT2D eigenvalue weighted by Gasteiger charge is -2.43. The number of likely N-dealkylation sites (tertiary alicyclic amines) is 1. The lowest BCUT2D eigenvalue weighted by atomic mass is 9.90. The third-order valence-corrected chi connectivity index (χ3v) is 6.43. The molecule has 0 aliphatic carbocycles. The second kappa shape index (κ2) is 9.45. The Kier molecular flexibility index (Phi) is 6.71. The standard InChI is InChI=1S/C24H32N2O4/c1-16-22(13-26-11-3-6-21(26)15-28)29-24(19-4-2-5-20(25)12-19)30-23(16)18-9-7-17(14-27)8-10-18/h2,4-5,7-10,12,16,21-24,27-28H,3,6,11,13-15,25H2,1H3/t16-,21+,22+,23+,24+/m1/s1. The van der Waals surface area contributed by atoms with Crippen molar-refractivity contribution in [2.24, 2.45) is 5.92 Å². The van der Waals surface area contributed by atoms with Crippen molar-refractivity contribution in [2.45, 2.75) is 50.9 Å². The second-order valence-electron chi connectivity index (χ2n) is 8.47. The van der Waals surface area contributed by atoms with Gasteiger partial charge in [-0.1, -0.05) is 43.3 Å². The van der Waals surface area contributed by atoms with Crippen LogP contribution in [-0.2, 0) is 16.1 Å². The maximum absolute atomic E-state index is 9.73. The summed E-state index contributed by atoms with van der Waals surface area (Å²) in [6.07, 6.45) is 1.44. The van der Waals surface area contributed by atoms with Crippen molar-refractivity contribution in [1.29, 1.82) is 0 Å². The van der Waals surface area contributed by atoms with Crippen LogP contribution in [0, 0.1) is 5.92 Å². The van der Waals surface area contributed by atoms with Crippen molar-refractivity contribution >= 4 is 5.69 Å². The van der Waals surface area contributed by atoms with Crippen LogP contribution in [0.15, 0.2) is 48.5 Å². The van der Waals surface area contributed by atoms with Crippen LogP contribution in [0.5, 0.6) is 0 Å². The minimum atomic E-state index is -0.507. The molecule has 0 saturated carbocycles. The first-order chi connectivity index (χ1) is 14.6. The molecule has 2 aromatic rings. The van der Waals surface area contributed by atoms with Gasteiger partial charge in [-0.25, -0.2) is 0 Å². The number of benzene rings is 2. The predicted octanol–water partition coefficient (Wildman–Crippen LogP) is 3.01. The largest absolute Gasteiger partial charge is 0.399 e. The van der Waals surface area contributed by atoms with E-state index in [0.717, 1.165) is 42.6 Å². The minimum absolute atomic E-state index is 0.0243. The van der Waals surface area contributed by atoms with E-state index in [-0.39, 0.29) is 37.4 Å². The first-order valence-corrected chi connectivity index (χ1v) is 10.8. The highest BCUT2D eigenvalue weighted by atomic mass is 16.7. The van der Waals surface area contributed by atoms with Crippen LogP contribution < -0.4 is 5.73 Å². The van der Waals surface area contributed by atoms with E-state index >= 15 is 0 Å². The van der Waals surface area contributed by atoms with E-state index in [9.17, 15) is 10.2 Å². The van der Waals surface area contributed by atoms with Crippen molar-refractivity contribution < 1.29 is 19.7 Å². The molecule has 2 aromatic carbocycles. The molecule has 6 heteroatoms. The molecule has 2 heterocycles. The lowest BCUT2D eigenvalue weighted by molar-refractivity contribution is -0.276. The Balaban J connectivity index is 1.61. The molecule has 2 fully saturated rings. The smallest absolute Gasteiger partial charge is 0.185 e. The SMILES string of the molecule is C[C@@H]1[C@H](CN2CCC[C@H]2CO)O[C@H](c2cccc(N)c2)O[C@@H]1c1ccc(CO)cc1. The Morgan fingerprint density at radius 1 is 1.07 bits per heavy atom. The number of hydrogen-bond acceptors (Lipinski definition) is 6. The molecule has 162 valence electrons. The molecule has 0 bridgehead atoms. The highest BCUT2D eigenvalue weighted by molar-refractivity contribution is 5.41. The number of nitrogens with zero attached hydrogens (tertiary/aromatic N) is 1. The quantitative estimate of drug-likeness (QED) is 0.632. The molecular weight excluding hydrogens is 380 g/mol. The Hall–Kier alpha value is -1.96. The topological polar surface area (TPSA) is 88.2 Å². The van der Waals surface area contributed by atoms with E-state index in [4.69, 9.17) is 15.2 Å². The highest BCUT2D eigenvalue weighted by Gasteiger charge is 2.40. The molecule has 0 amide bonds. The van der Waals surface area contributed by atoms with Gasteiger partial charge in [0.2, 0.25) is 0 Å². The van der Waals surface area contributed by atoms with Crippen LogP contribution in [0.1, 0.15) is 48.8 Å². The molecule has 4 rings (SSSR count). The maximum atomic E-state index is 9.73. The zero-order chi connectivity index (χ0) is 21.1. The third-order valence-electron chi connectivity index (χ3n) is 6.43. The molecule has 4 N–H and O–H groups in total. The van der Waals surface area contributed by atoms with Gasteiger partial charge in [0, 0.05) is 29.8 Å². The van der Waals surface area contributed by atoms with E-state index in [2.05, 4.69) is 11.8 Å². The van der Waals surface area contributed by atoms with Crippen LogP contribution in [0.3, 0.4) is 0 Å². The summed E-state index contributed by atoms with van der Waals surface area (Å²) in [6, 6.07) is 15.8. The molecule has 0 radical (unpaired) electrons. The van der Waals surface area contributed by atoms with Gasteiger partial charge in [0.15, 0.2) is 6.29 Å². The van der Waals surface area contributed by atoms with Gasteiger partial charge in [-0.15, -0.1) is 0 Å². The molecule has 0 spiro atoms. The molecule has 30 heavy (non-hydrogen) atoms. The molecule has 5 atom stereocenters. The van der Waals surface area contributed by atoms with Gasteiger partial charge in [-0.3, -0.25) is 4.90 Å². The summed E-state index contributed by atoms with van der Waals surface area (Å²) in [5, 5.41) is 19.1. The lowest BCUT2D eigenvalue weighted by Crippen LogP contribution is -2.46. The van der Waals surface area contributed by atoms with Crippen LogP contribution in [-0.4, -0.2) is 47.0 Å². The molecule has 0 aromatic heterocycles. The van der Waals surface area contributed by atoms with Crippen molar-refractivity contribution in [1.82, 2.24) is 4.90 Å². The molecular formula is C24H32N2O4. The number of aliphatic hydroxyl groups is 2. The zero-order valence-corrected chi connectivity index (χ0v) is 17.5. The van der Waals surface area contributed by atoms with Gasteiger partial charge < -0.3 is 25.4 Å². The Morgan fingerprint density at radius 2 is 1.87 bits per heavy atom. The van der Waals surface area contributed by atoms with E-state index < -0.39 is 6.29 Å². The summed E-state index contributed by atoms with van der Waals surface area (Å²) in [7, 11) is 0. The average molecular weight is 413 g/mol. The van der Waals surface area contributed by atoms with Crippen LogP contribution in [0.25, 0.3) is 0 Å². The fourth-order valence-electron chi connectivity index (χ4n) is 4.61. The first kappa shape index (κ1) is 21.3. The third kappa shape index (κ3) is 4.53. The van der Waals surface area contributed by atoms with E-state index in [0.29, 0.717) is 5.69 Å². The molecule has 0 unspecified atom stereocenters. The van der Waals surface area contributed by atoms with Gasteiger partial charge in [0.25, 0.3) is 0 Å². The number of ether oxygens (including phenoxy) is 2. The summed E-state index contributed by atoms with van der Waals surface area (Å²) < 4.78 is 12.9. The van der Waals surface area contributed by atoms with Crippen molar-refractivity contribution in [3.63, 3.8) is 0 Å². The average Bonchev–Trinajstić information content (AvgIpc) is 3.22. The number of aliphatic hydroxyl groups excluding tert-OH is 2. The summed E-state index contributed by atoms with van der Waals surface area (Å²) in [5.41, 5.74) is 9.54. The van der Waals surface area contributed by atoms with Crippen LogP contribution >= 0.6 is 0 Å². The van der Waals surface area contributed by atoms with Crippen LogP contribution in [0.4, 0.5) is 5.69 Å². The second-order valence-corrected chi connectivity index (χ2v) is 8.47. The number of nitrogens with two attached hydrogens (primary N) is 1. The molecule has 2 aliphatic rings. The fourth-order valence-corrected chi connectivity index (χ4v) is 4.61. The van der Waals surface area contributed by atoms with Crippen LogP contribution in [0.2, 0.25) is 0 Å². The van der Waals surface area contributed by atoms with Crippen molar-refractivity contribution in [3.05, 3.63) is 65.2 Å². The molecule has 6 nitrogen and oxygen atoms in total. The van der Waals surface area contributed by atoms with Crippen molar-refractivity contribution in [2.75, 3.05) is 25.4 Å². The first-order valence-electron chi connectivity index (χ1n) is 10.8. The number of nitrogen functional groups attached to an aromatic ring is 1. The summed E-state index contributed by atoms with van der Waals surface area (Å²) >= 11 is 0. The Morgan fingerprint density at radius 3 is 2.57 bits per heavy atom. The summed E-state index contributed by atoms with van der Waals surface area (Å²) in [5.74, 6) is 0.127. The molecule has 2 aliphatic heterocycles. The number of rotatable bonds is 6. The van der Waals surface area contributed by atoms with Gasteiger partial charge in [0.05, 0.1) is 25.4 Å². The monoisotopic (exact) mass is 412 g/mol. The van der Waals surface area contributed by atoms with Gasteiger partial charge in [0.1, 0.15) is 0 Å². The van der Waals surface area contributed by atoms with Gasteiger partial charge >= 0.3 is 0 Å². The van der Waals surface area contributed by atoms with E-state index in [1.54, 1.807) is 0 Å². The summed E-state index contributed by atoms with van der Waals surface area (Å²) in [6.45, 7) is 4.12. The minimum Gasteiger partial charge on any atom is -0.399 e. The Bertz CT molecular complexity index is 828. The normalized spacial score (nSPS) is 29.9. The number of anilines is 1. The zero-order valence-electron chi connectivity index (χ0n) is 17.5. The van der Waals surface area contributed by atoms with E-state index in [1.807, 2.05) is 48.5 Å². The summed E-state index contributed by atoms with van der Waals surface area (Å²) in [4.78, 5) is 2.34. The van der Waals surface area contributed by atoms with E-state index in [1.165, 1.54) is 0 Å². The fraction of sp³-hybridized carbons (Fsp3) is 0.500. The maximum Gasteiger partial charge on any atom is 0.185 e. The van der Waals surface area contributed by atoms with Gasteiger partial charge in [-0.05, 0) is 42.6 Å². The predicted molar refractivity (Wildman–Crippen MR) is 116 cm³/mol. The molecule has 2 saturated heterocycles. The van der Waals surface area contributed by atoms with Gasteiger partial charge in [-0.2, -0.15) is 0 Å². The number of hydrogen-bond donors (Lipinski definition) is 3. The Labute approximate surface area is 178 Å².